The van der Waals surface area contributed by atoms with Crippen LogP contribution in [0.2, 0.25) is 0 Å². The number of hydrogen-bond donors (Lipinski definition) is 1. The average molecular weight is 319 g/mol. The molecule has 4 heteroatoms. The number of aromatic nitrogens is 2. The van der Waals surface area contributed by atoms with E-state index < -0.39 is 0 Å². The van der Waals surface area contributed by atoms with Crippen molar-refractivity contribution in [3.8, 4) is 5.69 Å². The molecule has 0 radical (unpaired) electrons. The Morgan fingerprint density at radius 1 is 1.04 bits per heavy atom. The molecule has 0 atom stereocenters. The zero-order chi connectivity index (χ0) is 16.8. The van der Waals surface area contributed by atoms with E-state index in [1.165, 1.54) is 5.56 Å². The lowest BCUT2D eigenvalue weighted by molar-refractivity contribution is 0.0952. The molecule has 0 unspecified atom stereocenters. The Kier molecular flexibility index (Phi) is 5.06. The highest BCUT2D eigenvalue weighted by Crippen LogP contribution is 2.13. The molecule has 24 heavy (non-hydrogen) atoms. The van der Waals surface area contributed by atoms with Gasteiger partial charge in [-0.3, -0.25) is 4.79 Å². The Bertz CT molecular complexity index is 794. The maximum Gasteiger partial charge on any atom is 0.254 e. The smallest absolute Gasteiger partial charge is 0.254 e. The first-order valence-electron chi connectivity index (χ1n) is 8.18. The quantitative estimate of drug-likeness (QED) is 0.706. The van der Waals surface area contributed by atoms with E-state index in [4.69, 9.17) is 0 Å². The first-order valence-corrected chi connectivity index (χ1v) is 8.18. The standard InChI is InChI=1S/C20H21N3O/c1-16-19(15-22-23(16)18-12-6-3-7-13-18)20(24)21-14-8-11-17-9-4-2-5-10-17/h2-7,9-10,12-13,15H,8,11,14H2,1H3,(H,21,24). The highest BCUT2D eigenvalue weighted by Gasteiger charge is 2.14. The summed E-state index contributed by atoms with van der Waals surface area (Å²) in [5.74, 6) is -0.0669. The molecule has 3 rings (SSSR count). The highest BCUT2D eigenvalue weighted by atomic mass is 16.1. The van der Waals surface area contributed by atoms with E-state index in [-0.39, 0.29) is 5.91 Å². The van der Waals surface area contributed by atoms with Gasteiger partial charge in [-0.2, -0.15) is 5.10 Å². The summed E-state index contributed by atoms with van der Waals surface area (Å²) in [6.45, 7) is 2.57. The normalized spacial score (nSPS) is 10.5. The van der Waals surface area contributed by atoms with Gasteiger partial charge in [0.2, 0.25) is 0 Å². The Labute approximate surface area is 142 Å². The van der Waals surface area contributed by atoms with Gasteiger partial charge in [0.25, 0.3) is 5.91 Å². The summed E-state index contributed by atoms with van der Waals surface area (Å²) >= 11 is 0. The van der Waals surface area contributed by atoms with Gasteiger partial charge in [0.05, 0.1) is 23.1 Å². The summed E-state index contributed by atoms with van der Waals surface area (Å²) in [5.41, 5.74) is 3.72. The number of aryl methyl sites for hydroxylation is 1. The molecule has 0 aliphatic rings. The number of benzene rings is 2. The van der Waals surface area contributed by atoms with E-state index in [9.17, 15) is 4.79 Å². The van der Waals surface area contributed by atoms with Crippen molar-refractivity contribution < 1.29 is 4.79 Å². The van der Waals surface area contributed by atoms with Gasteiger partial charge in [0, 0.05) is 6.54 Å². The van der Waals surface area contributed by atoms with Crippen molar-refractivity contribution in [2.75, 3.05) is 6.54 Å². The van der Waals surface area contributed by atoms with Crippen LogP contribution in [0, 0.1) is 6.92 Å². The van der Waals surface area contributed by atoms with Gasteiger partial charge >= 0.3 is 0 Å². The molecular weight excluding hydrogens is 298 g/mol. The van der Waals surface area contributed by atoms with E-state index in [0.717, 1.165) is 24.2 Å². The van der Waals surface area contributed by atoms with Crippen molar-refractivity contribution in [2.45, 2.75) is 19.8 Å². The zero-order valence-electron chi connectivity index (χ0n) is 13.8. The Morgan fingerprint density at radius 3 is 2.42 bits per heavy atom. The topological polar surface area (TPSA) is 46.9 Å². The minimum Gasteiger partial charge on any atom is -0.352 e. The number of amides is 1. The number of nitrogens with one attached hydrogen (secondary N) is 1. The predicted molar refractivity (Wildman–Crippen MR) is 95.4 cm³/mol. The molecule has 122 valence electrons. The van der Waals surface area contributed by atoms with Crippen molar-refractivity contribution >= 4 is 5.91 Å². The van der Waals surface area contributed by atoms with Crippen molar-refractivity contribution in [2.24, 2.45) is 0 Å². The third kappa shape index (κ3) is 3.71. The van der Waals surface area contributed by atoms with Gasteiger partial charge < -0.3 is 5.32 Å². The molecule has 0 saturated heterocycles. The average Bonchev–Trinajstić information content (AvgIpc) is 3.02. The fourth-order valence-corrected chi connectivity index (χ4v) is 2.70. The number of rotatable bonds is 6. The van der Waals surface area contributed by atoms with Crippen LogP contribution in [0.3, 0.4) is 0 Å². The van der Waals surface area contributed by atoms with E-state index in [2.05, 4.69) is 22.5 Å². The Balaban J connectivity index is 1.57. The first-order chi connectivity index (χ1) is 11.8. The molecule has 0 saturated carbocycles. The molecule has 0 spiro atoms. The highest BCUT2D eigenvalue weighted by molar-refractivity contribution is 5.95. The number of hydrogen-bond acceptors (Lipinski definition) is 2. The van der Waals surface area contributed by atoms with Crippen LogP contribution in [0.4, 0.5) is 0 Å². The molecule has 0 fully saturated rings. The summed E-state index contributed by atoms with van der Waals surface area (Å²) in [6.07, 6.45) is 3.51. The second kappa shape index (κ2) is 7.59. The van der Waals surface area contributed by atoms with Crippen molar-refractivity contribution in [3.63, 3.8) is 0 Å². The maximum atomic E-state index is 12.4. The first kappa shape index (κ1) is 16.0. The maximum absolute atomic E-state index is 12.4. The van der Waals surface area contributed by atoms with Crippen LogP contribution in [0.25, 0.3) is 5.69 Å². The molecule has 4 nitrogen and oxygen atoms in total. The fourth-order valence-electron chi connectivity index (χ4n) is 2.70. The summed E-state index contributed by atoms with van der Waals surface area (Å²) in [6, 6.07) is 20.1. The number of para-hydroxylation sites is 1. The van der Waals surface area contributed by atoms with Crippen LogP contribution in [0.5, 0.6) is 0 Å². The van der Waals surface area contributed by atoms with Crippen LogP contribution in [-0.4, -0.2) is 22.2 Å². The van der Waals surface area contributed by atoms with Crippen molar-refractivity contribution in [3.05, 3.63) is 83.7 Å². The number of carbonyl (C=O) groups excluding carboxylic acids is 1. The monoisotopic (exact) mass is 319 g/mol. The lowest BCUT2D eigenvalue weighted by Gasteiger charge is -2.07. The molecular formula is C20H21N3O. The molecule has 1 amide bonds. The van der Waals surface area contributed by atoms with Crippen molar-refractivity contribution in [1.29, 1.82) is 0 Å². The Hall–Kier alpha value is -2.88. The van der Waals surface area contributed by atoms with E-state index in [1.807, 2.05) is 55.5 Å². The van der Waals surface area contributed by atoms with Crippen LogP contribution < -0.4 is 5.32 Å². The van der Waals surface area contributed by atoms with Crippen LogP contribution in [0.1, 0.15) is 28.0 Å². The molecule has 3 aromatic rings. The molecule has 0 aliphatic heterocycles. The second-order valence-electron chi connectivity index (χ2n) is 5.74. The van der Waals surface area contributed by atoms with Gasteiger partial charge in [0.1, 0.15) is 0 Å². The van der Waals surface area contributed by atoms with Gasteiger partial charge in [-0.25, -0.2) is 4.68 Å². The van der Waals surface area contributed by atoms with Crippen LogP contribution in [-0.2, 0) is 6.42 Å². The molecule has 0 bridgehead atoms. The molecule has 2 aromatic carbocycles. The van der Waals surface area contributed by atoms with Crippen LogP contribution in [0.15, 0.2) is 66.9 Å². The summed E-state index contributed by atoms with van der Waals surface area (Å²) in [4.78, 5) is 12.4. The van der Waals surface area contributed by atoms with E-state index in [0.29, 0.717) is 12.1 Å². The third-order valence-electron chi connectivity index (χ3n) is 4.03. The summed E-state index contributed by atoms with van der Waals surface area (Å²) in [7, 11) is 0. The van der Waals surface area contributed by atoms with Gasteiger partial charge in [-0.05, 0) is 37.5 Å². The summed E-state index contributed by atoms with van der Waals surface area (Å²) in [5, 5.41) is 7.32. The lowest BCUT2D eigenvalue weighted by Crippen LogP contribution is -2.25. The third-order valence-corrected chi connectivity index (χ3v) is 4.03. The largest absolute Gasteiger partial charge is 0.352 e. The van der Waals surface area contributed by atoms with E-state index >= 15 is 0 Å². The Morgan fingerprint density at radius 2 is 1.71 bits per heavy atom. The predicted octanol–water partition coefficient (Wildman–Crippen LogP) is 3.54. The fraction of sp³-hybridized carbons (Fsp3) is 0.200. The lowest BCUT2D eigenvalue weighted by atomic mass is 10.1. The molecule has 1 aromatic heterocycles. The minimum atomic E-state index is -0.0669. The summed E-state index contributed by atoms with van der Waals surface area (Å²) < 4.78 is 1.79. The zero-order valence-corrected chi connectivity index (χ0v) is 13.8. The SMILES string of the molecule is Cc1c(C(=O)NCCCc2ccccc2)cnn1-c1ccccc1. The second-order valence-corrected chi connectivity index (χ2v) is 5.74. The van der Waals surface area contributed by atoms with Gasteiger partial charge in [-0.1, -0.05) is 48.5 Å². The molecule has 1 heterocycles. The molecule has 1 N–H and O–H groups in total. The van der Waals surface area contributed by atoms with Crippen LogP contribution >= 0.6 is 0 Å². The van der Waals surface area contributed by atoms with E-state index in [1.54, 1.807) is 10.9 Å². The number of nitrogens with zero attached hydrogens (tertiary/aromatic N) is 2. The van der Waals surface area contributed by atoms with Gasteiger partial charge in [0.15, 0.2) is 0 Å². The molecule has 0 aliphatic carbocycles. The van der Waals surface area contributed by atoms with Gasteiger partial charge in [-0.15, -0.1) is 0 Å². The number of carbonyl (C=O) groups is 1. The minimum absolute atomic E-state index is 0.0669. The van der Waals surface area contributed by atoms with Crippen molar-refractivity contribution in [1.82, 2.24) is 15.1 Å².